The Morgan fingerprint density at radius 2 is 1.97 bits per heavy atom. The van der Waals surface area contributed by atoms with Crippen LogP contribution in [0.5, 0.6) is 5.75 Å². The van der Waals surface area contributed by atoms with E-state index in [1.807, 2.05) is 18.2 Å². The first-order valence-corrected chi connectivity index (χ1v) is 10.4. The zero-order valence-electron chi connectivity index (χ0n) is 16.2. The molecule has 2 aromatic carbocycles. The summed E-state index contributed by atoms with van der Waals surface area (Å²) in [5.74, 6) is -0.0940. The van der Waals surface area contributed by atoms with E-state index in [0.717, 1.165) is 28.1 Å². The topological polar surface area (TPSA) is 68.7 Å². The number of hydrogen-bond acceptors (Lipinski definition) is 6. The van der Waals surface area contributed by atoms with Crippen LogP contribution in [0.4, 0.5) is 0 Å². The Kier molecular flexibility index (Phi) is 5.76. The summed E-state index contributed by atoms with van der Waals surface area (Å²) in [4.78, 5) is 31.5. The van der Waals surface area contributed by atoms with E-state index in [1.165, 1.54) is 7.11 Å². The van der Waals surface area contributed by atoms with Crippen LogP contribution in [0.1, 0.15) is 34.1 Å². The molecule has 2 heterocycles. The minimum Gasteiger partial charge on any atom is -0.496 e. The normalized spacial score (nSPS) is 16.6. The second-order valence-electron chi connectivity index (χ2n) is 6.98. The first-order valence-electron chi connectivity index (χ1n) is 9.59. The number of benzene rings is 2. The van der Waals surface area contributed by atoms with E-state index in [2.05, 4.69) is 6.07 Å². The van der Waals surface area contributed by atoms with Crippen molar-refractivity contribution in [2.75, 3.05) is 26.8 Å². The molecule has 0 radical (unpaired) electrons. The Balaban J connectivity index is 1.38. The number of carbonyl (C=O) groups excluding carboxylic acids is 2. The lowest BCUT2D eigenvalue weighted by molar-refractivity contribution is -0.135. The molecule has 1 aliphatic rings. The van der Waals surface area contributed by atoms with Crippen molar-refractivity contribution in [1.82, 2.24) is 9.88 Å². The van der Waals surface area contributed by atoms with Gasteiger partial charge in [-0.15, -0.1) is 11.3 Å². The zero-order chi connectivity index (χ0) is 20.2. The largest absolute Gasteiger partial charge is 0.496 e. The van der Waals surface area contributed by atoms with Crippen molar-refractivity contribution in [3.63, 3.8) is 0 Å². The maximum Gasteiger partial charge on any atom is 0.342 e. The number of rotatable bonds is 5. The van der Waals surface area contributed by atoms with E-state index < -0.39 is 5.97 Å². The highest BCUT2D eigenvalue weighted by molar-refractivity contribution is 7.18. The van der Waals surface area contributed by atoms with Crippen molar-refractivity contribution in [3.8, 4) is 5.75 Å². The summed E-state index contributed by atoms with van der Waals surface area (Å²) in [6.45, 7) is 1.00. The molecule has 3 aromatic rings. The van der Waals surface area contributed by atoms with E-state index in [0.29, 0.717) is 24.4 Å². The van der Waals surface area contributed by atoms with Gasteiger partial charge >= 0.3 is 5.97 Å². The third kappa shape index (κ3) is 4.24. The average Bonchev–Trinajstić information content (AvgIpc) is 3.21. The number of piperidine rings is 1. The molecule has 1 fully saturated rings. The number of likely N-dealkylation sites (tertiary alicyclic amines) is 1. The third-order valence-corrected chi connectivity index (χ3v) is 6.29. The molecule has 0 N–H and O–H groups in total. The third-order valence-electron chi connectivity index (χ3n) is 5.09. The Hall–Kier alpha value is -2.93. The number of carbonyl (C=O) groups is 2. The monoisotopic (exact) mass is 410 g/mol. The van der Waals surface area contributed by atoms with Crippen molar-refractivity contribution >= 4 is 33.4 Å². The molecular weight excluding hydrogens is 388 g/mol. The Bertz CT molecular complexity index is 999. The molecule has 1 aromatic heterocycles. The van der Waals surface area contributed by atoms with E-state index in [4.69, 9.17) is 14.5 Å². The highest BCUT2D eigenvalue weighted by Gasteiger charge is 2.27. The minimum absolute atomic E-state index is 0.181. The van der Waals surface area contributed by atoms with Gasteiger partial charge < -0.3 is 14.4 Å². The SMILES string of the molecule is COc1ccccc1C(=O)OCC(=O)N1CCC[C@H](c2nc3ccccc3s2)C1. The summed E-state index contributed by atoms with van der Waals surface area (Å²) < 4.78 is 11.6. The summed E-state index contributed by atoms with van der Waals surface area (Å²) in [7, 11) is 1.49. The van der Waals surface area contributed by atoms with Gasteiger partial charge in [-0.2, -0.15) is 0 Å². The van der Waals surface area contributed by atoms with Gasteiger partial charge in [0.25, 0.3) is 5.91 Å². The van der Waals surface area contributed by atoms with Crippen LogP contribution in [-0.4, -0.2) is 48.6 Å². The van der Waals surface area contributed by atoms with Gasteiger partial charge in [-0.3, -0.25) is 4.79 Å². The maximum atomic E-state index is 12.6. The minimum atomic E-state index is -0.560. The number of ether oxygens (including phenoxy) is 2. The molecule has 0 aliphatic carbocycles. The Labute approximate surface area is 173 Å². The van der Waals surface area contributed by atoms with E-state index in [9.17, 15) is 9.59 Å². The van der Waals surface area contributed by atoms with Gasteiger partial charge in [-0.25, -0.2) is 9.78 Å². The molecule has 29 heavy (non-hydrogen) atoms. The fraction of sp³-hybridized carbons (Fsp3) is 0.318. The number of amides is 1. The van der Waals surface area contributed by atoms with Crippen molar-refractivity contribution in [2.24, 2.45) is 0 Å². The molecule has 0 bridgehead atoms. The maximum absolute atomic E-state index is 12.6. The molecule has 1 amide bonds. The second-order valence-corrected chi connectivity index (χ2v) is 8.04. The Morgan fingerprint density at radius 3 is 2.79 bits per heavy atom. The summed E-state index contributed by atoms with van der Waals surface area (Å²) in [5.41, 5.74) is 1.32. The van der Waals surface area contributed by atoms with E-state index in [1.54, 1.807) is 40.5 Å². The molecule has 0 spiro atoms. The lowest BCUT2D eigenvalue weighted by Gasteiger charge is -2.31. The molecule has 0 saturated carbocycles. The zero-order valence-corrected chi connectivity index (χ0v) is 17.0. The highest BCUT2D eigenvalue weighted by atomic mass is 32.1. The van der Waals surface area contributed by atoms with Crippen molar-refractivity contribution < 1.29 is 19.1 Å². The number of thiazole rings is 1. The van der Waals surface area contributed by atoms with Gasteiger partial charge in [-0.05, 0) is 37.1 Å². The van der Waals surface area contributed by atoms with Gasteiger partial charge in [0.2, 0.25) is 0 Å². The predicted octanol–water partition coefficient (Wildman–Crippen LogP) is 3.87. The standard InChI is InChI=1S/C22H22N2O4S/c1-27-18-10-4-2-8-16(18)22(26)28-14-20(25)24-12-6-7-15(13-24)21-23-17-9-3-5-11-19(17)29-21/h2-5,8-11,15H,6-7,12-14H2,1H3/t15-/m0/s1. The van der Waals surface area contributed by atoms with Crippen LogP contribution in [0, 0.1) is 0 Å². The van der Waals surface area contributed by atoms with Crippen molar-refractivity contribution in [1.29, 1.82) is 0 Å². The van der Waals surface area contributed by atoms with Crippen LogP contribution < -0.4 is 4.74 Å². The summed E-state index contributed by atoms with van der Waals surface area (Å²) in [5, 5.41) is 1.06. The first-order chi connectivity index (χ1) is 14.2. The number of nitrogens with zero attached hydrogens (tertiary/aromatic N) is 2. The second kappa shape index (κ2) is 8.61. The fourth-order valence-corrected chi connectivity index (χ4v) is 4.67. The molecule has 1 atom stereocenters. The van der Waals surface area contributed by atoms with Crippen LogP contribution in [0.15, 0.2) is 48.5 Å². The van der Waals surface area contributed by atoms with Crippen LogP contribution in [0.25, 0.3) is 10.2 Å². The molecule has 1 aliphatic heterocycles. The first kappa shape index (κ1) is 19.4. The van der Waals surface area contributed by atoms with Gasteiger partial charge in [0.15, 0.2) is 6.61 Å². The lowest BCUT2D eigenvalue weighted by atomic mass is 9.99. The van der Waals surface area contributed by atoms with Crippen LogP contribution >= 0.6 is 11.3 Å². The van der Waals surface area contributed by atoms with Crippen LogP contribution in [0.3, 0.4) is 0 Å². The summed E-state index contributed by atoms with van der Waals surface area (Å²) in [6, 6.07) is 14.9. The number of para-hydroxylation sites is 2. The molecule has 1 saturated heterocycles. The summed E-state index contributed by atoms with van der Waals surface area (Å²) >= 11 is 1.69. The molecule has 7 heteroatoms. The molecule has 150 valence electrons. The number of hydrogen-bond donors (Lipinski definition) is 0. The molecule has 0 unspecified atom stereocenters. The van der Waals surface area contributed by atoms with Crippen LogP contribution in [0.2, 0.25) is 0 Å². The van der Waals surface area contributed by atoms with Gasteiger partial charge in [0.1, 0.15) is 11.3 Å². The smallest absolute Gasteiger partial charge is 0.342 e. The fourth-order valence-electron chi connectivity index (χ4n) is 3.58. The van der Waals surface area contributed by atoms with Gasteiger partial charge in [0, 0.05) is 19.0 Å². The van der Waals surface area contributed by atoms with E-state index in [-0.39, 0.29) is 18.4 Å². The van der Waals surface area contributed by atoms with Crippen LogP contribution in [-0.2, 0) is 9.53 Å². The summed E-state index contributed by atoms with van der Waals surface area (Å²) in [6.07, 6.45) is 1.91. The number of methoxy groups -OCH3 is 1. The quantitative estimate of drug-likeness (QED) is 0.598. The molecule has 6 nitrogen and oxygen atoms in total. The average molecular weight is 410 g/mol. The molecule has 4 rings (SSSR count). The number of aromatic nitrogens is 1. The Morgan fingerprint density at radius 1 is 1.17 bits per heavy atom. The van der Waals surface area contributed by atoms with Gasteiger partial charge in [-0.1, -0.05) is 24.3 Å². The van der Waals surface area contributed by atoms with Crippen molar-refractivity contribution in [3.05, 3.63) is 59.1 Å². The van der Waals surface area contributed by atoms with Crippen molar-refractivity contribution in [2.45, 2.75) is 18.8 Å². The predicted molar refractivity (Wildman–Crippen MR) is 111 cm³/mol. The van der Waals surface area contributed by atoms with Gasteiger partial charge in [0.05, 0.1) is 22.3 Å². The highest BCUT2D eigenvalue weighted by Crippen LogP contribution is 2.33. The number of esters is 1. The number of fused-ring (bicyclic) bond motifs is 1. The lowest BCUT2D eigenvalue weighted by Crippen LogP contribution is -2.41. The van der Waals surface area contributed by atoms with E-state index >= 15 is 0 Å². The molecular formula is C22H22N2O4S.